The maximum Gasteiger partial charge on any atom is 0.269 e. The molecule has 0 aliphatic heterocycles. The van der Waals surface area contributed by atoms with E-state index in [1.807, 2.05) is 24.3 Å². The summed E-state index contributed by atoms with van der Waals surface area (Å²) in [4.78, 5) is 14.5. The number of aromatic nitrogens is 2. The normalized spacial score (nSPS) is 10.5. The smallest absolute Gasteiger partial charge is 0.269 e. The van der Waals surface area contributed by atoms with E-state index >= 15 is 0 Å². The fourth-order valence-electron chi connectivity index (χ4n) is 1.82. The van der Waals surface area contributed by atoms with Crippen LogP contribution in [0.4, 0.5) is 5.69 Å². The summed E-state index contributed by atoms with van der Waals surface area (Å²) in [6.07, 6.45) is 0. The Morgan fingerprint density at radius 1 is 1.10 bits per heavy atom. The predicted octanol–water partition coefficient (Wildman–Crippen LogP) is 4.07. The van der Waals surface area contributed by atoms with Gasteiger partial charge in [0.25, 0.3) is 11.6 Å². The minimum atomic E-state index is -0.454. The second-order valence-corrected chi connectivity index (χ2v) is 5.06. The number of nitrogens with zero attached hydrogens (tertiary/aromatic N) is 3. The Balaban J connectivity index is 1.95. The van der Waals surface area contributed by atoms with E-state index in [1.165, 1.54) is 12.1 Å². The maximum absolute atomic E-state index is 10.6. The second-order valence-electron chi connectivity index (χ2n) is 4.21. The number of hydrogen-bond acceptors (Lipinski definition) is 5. The summed E-state index contributed by atoms with van der Waals surface area (Å²) in [6, 6.07) is 13.5. The summed E-state index contributed by atoms with van der Waals surface area (Å²) in [6.45, 7) is 0. The molecular weight excluding hydrogens is 338 g/mol. The van der Waals surface area contributed by atoms with Crippen LogP contribution in [-0.2, 0) is 0 Å². The maximum atomic E-state index is 10.6. The van der Waals surface area contributed by atoms with Gasteiger partial charge in [-0.1, -0.05) is 33.2 Å². The number of nitro groups is 1. The molecule has 0 aliphatic rings. The molecular formula is C14H8BrN3O3. The number of nitro benzene ring substituents is 1. The fraction of sp³-hybridized carbons (Fsp3) is 0. The highest BCUT2D eigenvalue weighted by atomic mass is 79.9. The predicted molar refractivity (Wildman–Crippen MR) is 79.5 cm³/mol. The number of hydrogen-bond donors (Lipinski definition) is 0. The fourth-order valence-corrected chi connectivity index (χ4v) is 2.28. The van der Waals surface area contributed by atoms with Crippen LogP contribution in [0.1, 0.15) is 0 Å². The molecule has 7 heteroatoms. The highest BCUT2D eigenvalue weighted by Gasteiger charge is 2.13. The third-order valence-electron chi connectivity index (χ3n) is 2.87. The van der Waals surface area contributed by atoms with Crippen LogP contribution < -0.4 is 0 Å². The van der Waals surface area contributed by atoms with Gasteiger partial charge < -0.3 is 4.52 Å². The Bertz CT molecular complexity index is 799. The third-order valence-corrected chi connectivity index (χ3v) is 3.56. The minimum Gasteiger partial charge on any atom is -0.334 e. The number of benzene rings is 2. The third kappa shape index (κ3) is 2.68. The van der Waals surface area contributed by atoms with E-state index in [4.69, 9.17) is 4.52 Å². The summed E-state index contributed by atoms with van der Waals surface area (Å²) in [5.41, 5.74) is 1.46. The van der Waals surface area contributed by atoms with Crippen molar-refractivity contribution in [3.63, 3.8) is 0 Å². The van der Waals surface area contributed by atoms with Crippen molar-refractivity contribution in [2.45, 2.75) is 0 Å². The Labute approximate surface area is 127 Å². The van der Waals surface area contributed by atoms with Crippen LogP contribution in [0.25, 0.3) is 22.8 Å². The van der Waals surface area contributed by atoms with Gasteiger partial charge in [0.2, 0.25) is 5.82 Å². The molecule has 1 heterocycles. The van der Waals surface area contributed by atoms with Gasteiger partial charge in [-0.25, -0.2) is 0 Å². The molecule has 0 atom stereocenters. The quantitative estimate of drug-likeness (QED) is 0.527. The average molecular weight is 346 g/mol. The van der Waals surface area contributed by atoms with E-state index in [0.717, 1.165) is 10.0 Å². The molecule has 3 aromatic rings. The van der Waals surface area contributed by atoms with Gasteiger partial charge in [-0.3, -0.25) is 10.1 Å². The number of non-ortho nitro benzene ring substituents is 1. The van der Waals surface area contributed by atoms with Crippen molar-refractivity contribution in [1.29, 1.82) is 0 Å². The van der Waals surface area contributed by atoms with Crippen LogP contribution >= 0.6 is 15.9 Å². The lowest BCUT2D eigenvalue weighted by Gasteiger charge is -1.96. The zero-order chi connectivity index (χ0) is 14.8. The van der Waals surface area contributed by atoms with Crippen molar-refractivity contribution in [1.82, 2.24) is 10.1 Å². The molecule has 0 unspecified atom stereocenters. The van der Waals surface area contributed by atoms with Gasteiger partial charge in [0.1, 0.15) is 0 Å². The second kappa shape index (κ2) is 5.45. The molecule has 0 saturated carbocycles. The molecule has 0 bridgehead atoms. The number of halogens is 1. The van der Waals surface area contributed by atoms with Crippen molar-refractivity contribution in [3.05, 3.63) is 63.1 Å². The first-order chi connectivity index (χ1) is 10.1. The Kier molecular flexibility index (Phi) is 3.49. The van der Waals surface area contributed by atoms with Crippen LogP contribution in [-0.4, -0.2) is 15.1 Å². The van der Waals surface area contributed by atoms with E-state index in [1.54, 1.807) is 12.1 Å². The Hall–Kier alpha value is -2.54. The monoisotopic (exact) mass is 345 g/mol. The molecule has 0 spiro atoms. The molecule has 0 fully saturated rings. The SMILES string of the molecule is O=[N+]([O-])c1ccc(-c2nc(-c3ccccc3Br)no2)cc1. The van der Waals surface area contributed by atoms with E-state index in [0.29, 0.717) is 17.3 Å². The van der Waals surface area contributed by atoms with Gasteiger partial charge in [-0.05, 0) is 24.3 Å². The summed E-state index contributed by atoms with van der Waals surface area (Å²) in [7, 11) is 0. The first-order valence-electron chi connectivity index (χ1n) is 5.98. The van der Waals surface area contributed by atoms with Crippen LogP contribution in [0.3, 0.4) is 0 Å². The molecule has 21 heavy (non-hydrogen) atoms. The molecule has 0 aliphatic carbocycles. The van der Waals surface area contributed by atoms with E-state index in [9.17, 15) is 10.1 Å². The van der Waals surface area contributed by atoms with Crippen LogP contribution in [0.5, 0.6) is 0 Å². The lowest BCUT2D eigenvalue weighted by Crippen LogP contribution is -1.87. The lowest BCUT2D eigenvalue weighted by atomic mass is 10.2. The van der Waals surface area contributed by atoms with Crippen molar-refractivity contribution in [2.24, 2.45) is 0 Å². The lowest BCUT2D eigenvalue weighted by molar-refractivity contribution is -0.384. The first kappa shape index (κ1) is 13.4. The van der Waals surface area contributed by atoms with E-state index in [2.05, 4.69) is 26.1 Å². The van der Waals surface area contributed by atoms with Gasteiger partial charge in [0.15, 0.2) is 0 Å². The topological polar surface area (TPSA) is 82.1 Å². The number of rotatable bonds is 3. The largest absolute Gasteiger partial charge is 0.334 e. The molecule has 2 aromatic carbocycles. The van der Waals surface area contributed by atoms with Gasteiger partial charge in [-0.15, -0.1) is 0 Å². The summed E-state index contributed by atoms with van der Waals surface area (Å²) < 4.78 is 6.07. The zero-order valence-corrected chi connectivity index (χ0v) is 12.1. The molecule has 0 saturated heterocycles. The van der Waals surface area contributed by atoms with Crippen molar-refractivity contribution in [2.75, 3.05) is 0 Å². The molecule has 104 valence electrons. The van der Waals surface area contributed by atoms with Gasteiger partial charge in [-0.2, -0.15) is 4.98 Å². The average Bonchev–Trinajstić information content (AvgIpc) is 2.97. The Morgan fingerprint density at radius 2 is 1.81 bits per heavy atom. The standard InChI is InChI=1S/C14H8BrN3O3/c15-12-4-2-1-3-11(12)13-16-14(21-17-13)9-5-7-10(8-6-9)18(19)20/h1-8H. The van der Waals surface area contributed by atoms with Crippen molar-refractivity contribution < 1.29 is 9.45 Å². The van der Waals surface area contributed by atoms with Crippen molar-refractivity contribution in [3.8, 4) is 22.8 Å². The molecule has 3 rings (SSSR count). The van der Waals surface area contributed by atoms with Crippen LogP contribution in [0.2, 0.25) is 0 Å². The van der Waals surface area contributed by atoms with E-state index < -0.39 is 4.92 Å². The van der Waals surface area contributed by atoms with Crippen LogP contribution in [0.15, 0.2) is 57.5 Å². The first-order valence-corrected chi connectivity index (χ1v) is 6.78. The minimum absolute atomic E-state index is 0.0179. The molecule has 0 N–H and O–H groups in total. The molecule has 0 radical (unpaired) electrons. The zero-order valence-electron chi connectivity index (χ0n) is 10.6. The van der Waals surface area contributed by atoms with E-state index in [-0.39, 0.29) is 5.69 Å². The van der Waals surface area contributed by atoms with Crippen LogP contribution in [0, 0.1) is 10.1 Å². The summed E-state index contributed by atoms with van der Waals surface area (Å²) >= 11 is 3.43. The summed E-state index contributed by atoms with van der Waals surface area (Å²) in [5.74, 6) is 0.770. The molecule has 6 nitrogen and oxygen atoms in total. The highest BCUT2D eigenvalue weighted by molar-refractivity contribution is 9.10. The molecule has 0 amide bonds. The van der Waals surface area contributed by atoms with Gasteiger partial charge >= 0.3 is 0 Å². The summed E-state index contributed by atoms with van der Waals surface area (Å²) in [5, 5.41) is 14.6. The molecule has 1 aromatic heterocycles. The van der Waals surface area contributed by atoms with Crippen molar-refractivity contribution >= 4 is 21.6 Å². The van der Waals surface area contributed by atoms with Gasteiger partial charge in [0.05, 0.1) is 4.92 Å². The highest BCUT2D eigenvalue weighted by Crippen LogP contribution is 2.28. The Morgan fingerprint density at radius 3 is 2.48 bits per heavy atom. The van der Waals surface area contributed by atoms with Gasteiger partial charge in [0, 0.05) is 27.7 Å².